The number of carbonyl (C=O) groups excluding carboxylic acids is 1. The monoisotopic (exact) mass is 703 g/mol. The molecule has 5 nitrogen and oxygen atoms in total. The van der Waals surface area contributed by atoms with Gasteiger partial charge in [-0.2, -0.15) is 78.9 Å². The van der Waals surface area contributed by atoms with Crippen molar-refractivity contribution in [2.24, 2.45) is 0 Å². The van der Waals surface area contributed by atoms with Gasteiger partial charge in [0.2, 0.25) is 0 Å². The van der Waals surface area contributed by atoms with E-state index in [4.69, 9.17) is 0 Å². The average Bonchev–Trinajstić information content (AvgIpc) is 2.81. The van der Waals surface area contributed by atoms with Gasteiger partial charge in [0.15, 0.2) is 0 Å². The first-order chi connectivity index (χ1) is 19.1. The number of alkyl halides is 17. The van der Waals surface area contributed by atoms with E-state index >= 15 is 0 Å². The van der Waals surface area contributed by atoms with Gasteiger partial charge in [0.05, 0.1) is 0 Å². The Morgan fingerprint density at radius 1 is 0.636 bits per heavy atom. The third-order valence-corrected chi connectivity index (χ3v) is 7.13. The lowest BCUT2D eigenvalue weighted by molar-refractivity contribution is -0.458. The molecule has 256 valence electrons. The summed E-state index contributed by atoms with van der Waals surface area (Å²) in [5.74, 6) is -54.2. The molecule has 0 radical (unpaired) electrons. The van der Waals surface area contributed by atoms with E-state index in [1.165, 1.54) is 6.07 Å². The first-order valence-electron chi connectivity index (χ1n) is 11.0. The lowest BCUT2D eigenvalue weighted by atomic mass is 9.91. The van der Waals surface area contributed by atoms with Gasteiger partial charge in [0.25, 0.3) is 10.0 Å². The van der Waals surface area contributed by atoms with Gasteiger partial charge in [0, 0.05) is 6.54 Å². The zero-order valence-corrected chi connectivity index (χ0v) is 22.5. The van der Waals surface area contributed by atoms with Gasteiger partial charge in [0.1, 0.15) is 12.1 Å². The summed E-state index contributed by atoms with van der Waals surface area (Å²) < 4.78 is 260. The SMILES string of the molecule is CC(C)(C)OC(=O)CN(Cc1ccccc1)S(=O)(=O)C(F)(F)C(F)(F)C(F)(F)C(F)(F)C(F)(F)C(F)(F)C(F)(F)C(F)(F)F. The quantitative estimate of drug-likeness (QED) is 0.172. The fourth-order valence-corrected chi connectivity index (χ4v) is 4.38. The van der Waals surface area contributed by atoms with Crippen molar-refractivity contribution in [3.8, 4) is 0 Å². The molecule has 0 heterocycles. The second-order valence-electron chi connectivity index (χ2n) is 9.81. The predicted molar refractivity (Wildman–Crippen MR) is 112 cm³/mol. The van der Waals surface area contributed by atoms with Crippen LogP contribution in [0.4, 0.5) is 74.6 Å². The second kappa shape index (κ2) is 11.3. The van der Waals surface area contributed by atoms with Crippen LogP contribution in [0, 0.1) is 0 Å². The highest BCUT2D eigenvalue weighted by atomic mass is 32.2. The number of carbonyl (C=O) groups is 1. The van der Waals surface area contributed by atoms with Crippen molar-refractivity contribution in [2.45, 2.75) is 79.9 Å². The predicted octanol–water partition coefficient (Wildman–Crippen LogP) is 7.13. The molecular weight excluding hydrogens is 685 g/mol. The molecule has 0 unspecified atom stereocenters. The Morgan fingerprint density at radius 3 is 1.36 bits per heavy atom. The summed E-state index contributed by atoms with van der Waals surface area (Å²) in [4.78, 5) is 12.1. The van der Waals surface area contributed by atoms with Gasteiger partial charge in [-0.1, -0.05) is 30.3 Å². The molecule has 23 heteroatoms. The van der Waals surface area contributed by atoms with Crippen molar-refractivity contribution >= 4 is 16.0 Å². The van der Waals surface area contributed by atoms with E-state index < -0.39 is 91.5 Å². The van der Waals surface area contributed by atoms with Crippen LogP contribution in [0.15, 0.2) is 30.3 Å². The highest BCUT2D eigenvalue weighted by molar-refractivity contribution is 7.90. The van der Waals surface area contributed by atoms with Crippen molar-refractivity contribution in [2.75, 3.05) is 6.54 Å². The molecule has 0 aliphatic rings. The van der Waals surface area contributed by atoms with Gasteiger partial charge < -0.3 is 4.74 Å². The maximum Gasteiger partial charge on any atom is 0.460 e. The summed E-state index contributed by atoms with van der Waals surface area (Å²) in [5, 5.41) is -7.80. The Kier molecular flexibility index (Phi) is 10.2. The number of hydrogen-bond donors (Lipinski definition) is 0. The van der Waals surface area contributed by atoms with E-state index in [1.54, 1.807) is 0 Å². The minimum atomic E-state index is -8.96. The minimum Gasteiger partial charge on any atom is -0.459 e. The Balaban J connectivity index is 3.83. The van der Waals surface area contributed by atoms with E-state index in [0.717, 1.165) is 45.0 Å². The first kappa shape index (κ1) is 39.4. The molecule has 0 aliphatic heterocycles. The summed E-state index contributed by atoms with van der Waals surface area (Å²) in [7, 11) is -7.71. The smallest absolute Gasteiger partial charge is 0.459 e. The van der Waals surface area contributed by atoms with Crippen molar-refractivity contribution in [3.63, 3.8) is 0 Å². The number of nitrogens with zero attached hydrogens (tertiary/aromatic N) is 1. The third kappa shape index (κ3) is 6.26. The Bertz CT molecular complexity index is 1290. The summed E-state index contributed by atoms with van der Waals surface area (Å²) in [6, 6.07) is 4.96. The number of ether oxygens (including phenoxy) is 1. The molecule has 0 saturated heterocycles. The summed E-state index contributed by atoms with van der Waals surface area (Å²) >= 11 is 0. The summed E-state index contributed by atoms with van der Waals surface area (Å²) in [6.07, 6.45) is -7.93. The topological polar surface area (TPSA) is 63.7 Å². The van der Waals surface area contributed by atoms with Gasteiger partial charge in [-0.15, -0.1) is 0 Å². The Labute approximate surface area is 236 Å². The molecular formula is C21H18F17NO4S. The van der Waals surface area contributed by atoms with Crippen LogP contribution in [0.2, 0.25) is 0 Å². The molecule has 0 N–H and O–H groups in total. The Morgan fingerprint density at radius 2 is 1.00 bits per heavy atom. The van der Waals surface area contributed by atoms with E-state index in [-0.39, 0.29) is 0 Å². The van der Waals surface area contributed by atoms with Crippen LogP contribution in [-0.4, -0.2) is 77.8 Å². The highest BCUT2D eigenvalue weighted by Gasteiger charge is 2.96. The maximum atomic E-state index is 14.7. The fourth-order valence-electron chi connectivity index (χ4n) is 3.00. The van der Waals surface area contributed by atoms with Gasteiger partial charge in [-0.25, -0.2) is 8.42 Å². The van der Waals surface area contributed by atoms with Crippen LogP contribution in [0.1, 0.15) is 26.3 Å². The van der Waals surface area contributed by atoms with Crippen LogP contribution >= 0.6 is 0 Å². The van der Waals surface area contributed by atoms with Gasteiger partial charge in [-0.3, -0.25) is 4.79 Å². The lowest BCUT2D eigenvalue weighted by Crippen LogP contribution is -2.75. The maximum absolute atomic E-state index is 14.7. The van der Waals surface area contributed by atoms with E-state index in [1.807, 2.05) is 0 Å². The lowest BCUT2D eigenvalue weighted by Gasteiger charge is -2.43. The molecule has 0 atom stereocenters. The van der Waals surface area contributed by atoms with Crippen LogP contribution < -0.4 is 0 Å². The zero-order chi connectivity index (χ0) is 35.4. The molecule has 44 heavy (non-hydrogen) atoms. The molecule has 0 spiro atoms. The molecule has 0 bridgehead atoms. The summed E-state index contributed by atoms with van der Waals surface area (Å²) in [6.45, 7) is -0.476. The molecule has 0 aromatic heterocycles. The largest absolute Gasteiger partial charge is 0.460 e. The molecule has 1 aromatic carbocycles. The molecule has 1 rings (SSSR count). The van der Waals surface area contributed by atoms with E-state index in [0.29, 0.717) is 0 Å². The molecule has 0 amide bonds. The third-order valence-electron chi connectivity index (χ3n) is 5.28. The second-order valence-corrected chi connectivity index (χ2v) is 11.8. The minimum absolute atomic E-state index is 0.503. The van der Waals surface area contributed by atoms with Crippen LogP contribution in [0.25, 0.3) is 0 Å². The van der Waals surface area contributed by atoms with E-state index in [9.17, 15) is 87.8 Å². The summed E-state index contributed by atoms with van der Waals surface area (Å²) in [5.41, 5.74) is -2.08. The standard InChI is InChI=1S/C21H18F17NO4S/c1-13(2,3)43-12(40)10-39(9-11-7-5-4-6-8-11)44(41,42)21(37,38)19(32,33)17(28,29)15(24,25)14(22,23)16(26,27)18(30,31)20(34,35)36/h4-8H,9-10H2,1-3H3. The van der Waals surface area contributed by atoms with Crippen LogP contribution in [0.5, 0.6) is 0 Å². The molecule has 0 saturated carbocycles. The molecule has 1 aromatic rings. The Hall–Kier alpha value is -2.59. The van der Waals surface area contributed by atoms with Gasteiger partial charge >= 0.3 is 52.9 Å². The van der Waals surface area contributed by atoms with Crippen molar-refractivity contribution in [1.29, 1.82) is 0 Å². The average molecular weight is 703 g/mol. The van der Waals surface area contributed by atoms with Crippen LogP contribution in [0.3, 0.4) is 0 Å². The van der Waals surface area contributed by atoms with Gasteiger partial charge in [-0.05, 0) is 26.3 Å². The highest BCUT2D eigenvalue weighted by Crippen LogP contribution is 2.64. The number of sulfonamides is 1. The van der Waals surface area contributed by atoms with Crippen molar-refractivity contribution < 1.29 is 92.6 Å². The molecule has 0 fully saturated rings. The number of benzene rings is 1. The number of halogens is 17. The normalized spacial score (nSPS) is 15.5. The first-order valence-corrected chi connectivity index (χ1v) is 12.5. The number of rotatable bonds is 12. The van der Waals surface area contributed by atoms with Crippen molar-refractivity contribution in [1.82, 2.24) is 4.31 Å². The molecule has 0 aliphatic carbocycles. The zero-order valence-electron chi connectivity index (χ0n) is 21.7. The van der Waals surface area contributed by atoms with Crippen LogP contribution in [-0.2, 0) is 26.1 Å². The van der Waals surface area contributed by atoms with E-state index in [2.05, 4.69) is 4.74 Å². The fraction of sp³-hybridized carbons (Fsp3) is 0.667. The van der Waals surface area contributed by atoms with Crippen molar-refractivity contribution in [3.05, 3.63) is 35.9 Å². The number of hydrogen-bond acceptors (Lipinski definition) is 4. The number of esters is 1.